The molecular weight excluding hydrogens is 338 g/mol. The number of hydrogen-bond donors (Lipinski definition) is 1. The van der Waals surface area contributed by atoms with Crippen molar-refractivity contribution in [2.24, 2.45) is 5.92 Å². The fourth-order valence-electron chi connectivity index (χ4n) is 3.24. The van der Waals surface area contributed by atoms with Crippen molar-refractivity contribution in [1.82, 2.24) is 9.78 Å². The van der Waals surface area contributed by atoms with Gasteiger partial charge in [0.05, 0.1) is 23.7 Å². The second-order valence-corrected chi connectivity index (χ2v) is 9.07. The Hall–Kier alpha value is -2.15. The molecule has 2 aromatic rings. The molecule has 0 bridgehead atoms. The number of amides is 1. The van der Waals surface area contributed by atoms with Crippen LogP contribution in [-0.4, -0.2) is 35.6 Å². The fourth-order valence-corrected chi connectivity index (χ4v) is 5.10. The van der Waals surface area contributed by atoms with Gasteiger partial charge in [0.2, 0.25) is 5.91 Å². The zero-order valence-electron chi connectivity index (χ0n) is 14.5. The molecule has 2 heterocycles. The highest BCUT2D eigenvalue weighted by molar-refractivity contribution is 7.91. The Kier molecular flexibility index (Phi) is 4.94. The molecule has 0 unspecified atom stereocenters. The molecule has 7 heteroatoms. The van der Waals surface area contributed by atoms with Crippen LogP contribution in [-0.2, 0) is 21.2 Å². The Bertz CT molecular complexity index is 887. The van der Waals surface area contributed by atoms with Crippen LogP contribution in [0.5, 0.6) is 0 Å². The molecule has 1 aromatic carbocycles. The molecule has 3 rings (SSSR count). The molecule has 1 fully saturated rings. The maximum Gasteiger partial charge on any atom is 0.225 e. The highest BCUT2D eigenvalue weighted by atomic mass is 32.2. The number of benzene rings is 1. The summed E-state index contributed by atoms with van der Waals surface area (Å²) in [5.74, 6) is 0.703. The molecule has 0 aliphatic carbocycles. The maximum absolute atomic E-state index is 12.3. The van der Waals surface area contributed by atoms with Crippen LogP contribution in [0.1, 0.15) is 29.7 Å². The number of carbonyl (C=O) groups is 1. The van der Waals surface area contributed by atoms with E-state index in [4.69, 9.17) is 0 Å². The van der Waals surface area contributed by atoms with E-state index in [0.29, 0.717) is 18.8 Å². The third-order valence-electron chi connectivity index (χ3n) is 4.39. The van der Waals surface area contributed by atoms with Crippen molar-refractivity contribution in [2.45, 2.75) is 33.2 Å². The lowest BCUT2D eigenvalue weighted by molar-refractivity contribution is -0.116. The molecule has 0 radical (unpaired) electrons. The monoisotopic (exact) mass is 361 g/mol. The topological polar surface area (TPSA) is 81.1 Å². The molecule has 1 aromatic heterocycles. The first-order chi connectivity index (χ1) is 11.8. The standard InChI is InChI=1S/C18H23N3O3S/c1-13-4-3-5-15(8-13)11-21-17(9-14(2)20-21)19-18(22)10-16-6-7-25(23,24)12-16/h3-5,8-9,16H,6-7,10-12H2,1-2H3,(H,19,22)/t16-/m0/s1. The quantitative estimate of drug-likeness (QED) is 0.886. The summed E-state index contributed by atoms with van der Waals surface area (Å²) in [5.41, 5.74) is 3.11. The van der Waals surface area contributed by atoms with Crippen LogP contribution in [0.2, 0.25) is 0 Å². The largest absolute Gasteiger partial charge is 0.311 e. The molecule has 1 saturated heterocycles. The van der Waals surface area contributed by atoms with Gasteiger partial charge < -0.3 is 5.32 Å². The van der Waals surface area contributed by atoms with Crippen LogP contribution in [0.25, 0.3) is 0 Å². The van der Waals surface area contributed by atoms with Crippen molar-refractivity contribution in [2.75, 3.05) is 16.8 Å². The van der Waals surface area contributed by atoms with Gasteiger partial charge in [-0.15, -0.1) is 0 Å². The molecule has 25 heavy (non-hydrogen) atoms. The van der Waals surface area contributed by atoms with Crippen LogP contribution in [0, 0.1) is 19.8 Å². The summed E-state index contributed by atoms with van der Waals surface area (Å²) in [6, 6.07) is 9.99. The molecule has 1 N–H and O–H groups in total. The lowest BCUT2D eigenvalue weighted by atomic mass is 10.1. The molecule has 0 saturated carbocycles. The maximum atomic E-state index is 12.3. The Morgan fingerprint density at radius 1 is 1.32 bits per heavy atom. The Morgan fingerprint density at radius 3 is 2.80 bits per heavy atom. The minimum atomic E-state index is -2.96. The average molecular weight is 361 g/mol. The summed E-state index contributed by atoms with van der Waals surface area (Å²) < 4.78 is 24.8. The van der Waals surface area contributed by atoms with Crippen molar-refractivity contribution in [3.63, 3.8) is 0 Å². The number of hydrogen-bond acceptors (Lipinski definition) is 4. The number of nitrogens with zero attached hydrogens (tertiary/aromatic N) is 2. The van der Waals surface area contributed by atoms with Crippen molar-refractivity contribution in [3.05, 3.63) is 47.2 Å². The Balaban J connectivity index is 1.67. The van der Waals surface area contributed by atoms with Crippen LogP contribution in [0.4, 0.5) is 5.82 Å². The zero-order valence-corrected chi connectivity index (χ0v) is 15.3. The zero-order chi connectivity index (χ0) is 18.0. The second kappa shape index (κ2) is 7.00. The SMILES string of the molecule is Cc1cccc(Cn2nc(C)cc2NC(=O)C[C@@H]2CCS(=O)(=O)C2)c1. The van der Waals surface area contributed by atoms with E-state index in [1.54, 1.807) is 4.68 Å². The summed E-state index contributed by atoms with van der Waals surface area (Å²) in [6.07, 6.45) is 0.797. The molecule has 1 aliphatic heterocycles. The molecule has 1 amide bonds. The third-order valence-corrected chi connectivity index (χ3v) is 6.22. The van der Waals surface area contributed by atoms with Crippen LogP contribution in [0.3, 0.4) is 0 Å². The lowest BCUT2D eigenvalue weighted by Crippen LogP contribution is -2.19. The molecule has 1 aliphatic rings. The minimum absolute atomic E-state index is 0.0840. The van der Waals surface area contributed by atoms with Gasteiger partial charge >= 0.3 is 0 Å². The highest BCUT2D eigenvalue weighted by Gasteiger charge is 2.29. The number of anilines is 1. The van der Waals surface area contributed by atoms with Gasteiger partial charge in [0.25, 0.3) is 0 Å². The summed E-state index contributed by atoms with van der Waals surface area (Å²) in [7, 11) is -2.96. The van der Waals surface area contributed by atoms with Crippen molar-refractivity contribution >= 4 is 21.6 Å². The van der Waals surface area contributed by atoms with E-state index in [-0.39, 0.29) is 29.8 Å². The Morgan fingerprint density at radius 2 is 2.12 bits per heavy atom. The first-order valence-corrected chi connectivity index (χ1v) is 10.2. The van der Waals surface area contributed by atoms with E-state index in [1.807, 2.05) is 38.1 Å². The molecule has 1 atom stereocenters. The number of nitrogens with one attached hydrogen (secondary N) is 1. The fraction of sp³-hybridized carbons (Fsp3) is 0.444. The second-order valence-electron chi connectivity index (χ2n) is 6.84. The highest BCUT2D eigenvalue weighted by Crippen LogP contribution is 2.22. The van der Waals surface area contributed by atoms with Gasteiger partial charge in [-0.1, -0.05) is 29.8 Å². The summed E-state index contributed by atoms with van der Waals surface area (Å²) in [5, 5.41) is 7.34. The molecule has 134 valence electrons. The number of sulfone groups is 1. The van der Waals surface area contributed by atoms with E-state index in [9.17, 15) is 13.2 Å². The molecular formula is C18H23N3O3S. The van der Waals surface area contributed by atoms with E-state index < -0.39 is 9.84 Å². The van der Waals surface area contributed by atoms with Gasteiger partial charge in [-0.3, -0.25) is 4.79 Å². The Labute approximate surface area is 148 Å². The van der Waals surface area contributed by atoms with Gasteiger partial charge in [-0.25, -0.2) is 13.1 Å². The summed E-state index contributed by atoms with van der Waals surface area (Å²) >= 11 is 0. The van der Waals surface area contributed by atoms with Crippen LogP contribution in [0.15, 0.2) is 30.3 Å². The lowest BCUT2D eigenvalue weighted by Gasteiger charge is -2.11. The smallest absolute Gasteiger partial charge is 0.225 e. The van der Waals surface area contributed by atoms with Gasteiger partial charge in [0.15, 0.2) is 9.84 Å². The predicted octanol–water partition coefficient (Wildman–Crippen LogP) is 2.31. The van der Waals surface area contributed by atoms with E-state index in [2.05, 4.69) is 16.5 Å². The van der Waals surface area contributed by atoms with Gasteiger partial charge in [-0.05, 0) is 31.7 Å². The third kappa shape index (κ3) is 4.69. The minimum Gasteiger partial charge on any atom is -0.311 e. The summed E-state index contributed by atoms with van der Waals surface area (Å²) in [4.78, 5) is 12.3. The van der Waals surface area contributed by atoms with Crippen molar-refractivity contribution in [1.29, 1.82) is 0 Å². The number of aromatic nitrogens is 2. The normalized spacial score (nSPS) is 19.0. The molecule has 6 nitrogen and oxygen atoms in total. The average Bonchev–Trinajstić information content (AvgIpc) is 3.01. The van der Waals surface area contributed by atoms with Crippen molar-refractivity contribution in [3.8, 4) is 0 Å². The van der Waals surface area contributed by atoms with Gasteiger partial charge in [-0.2, -0.15) is 5.10 Å². The van der Waals surface area contributed by atoms with E-state index in [1.165, 1.54) is 5.56 Å². The summed E-state index contributed by atoms with van der Waals surface area (Å²) in [6.45, 7) is 4.49. The number of aryl methyl sites for hydroxylation is 2. The van der Waals surface area contributed by atoms with E-state index in [0.717, 1.165) is 11.3 Å². The number of rotatable bonds is 5. The first-order valence-electron chi connectivity index (χ1n) is 8.41. The first kappa shape index (κ1) is 17.7. The van der Waals surface area contributed by atoms with Crippen LogP contribution < -0.4 is 5.32 Å². The van der Waals surface area contributed by atoms with Crippen molar-refractivity contribution < 1.29 is 13.2 Å². The van der Waals surface area contributed by atoms with Crippen LogP contribution >= 0.6 is 0 Å². The van der Waals surface area contributed by atoms with Gasteiger partial charge in [0.1, 0.15) is 5.82 Å². The predicted molar refractivity (Wildman–Crippen MR) is 97.3 cm³/mol. The number of carbonyl (C=O) groups excluding carboxylic acids is 1. The molecule has 0 spiro atoms. The van der Waals surface area contributed by atoms with Gasteiger partial charge in [0, 0.05) is 12.5 Å². The van der Waals surface area contributed by atoms with E-state index >= 15 is 0 Å².